The van der Waals surface area contributed by atoms with Gasteiger partial charge in [-0.05, 0) is 31.9 Å². The lowest BCUT2D eigenvalue weighted by Gasteiger charge is -2.34. The van der Waals surface area contributed by atoms with Crippen LogP contribution in [-0.2, 0) is 0 Å². The van der Waals surface area contributed by atoms with Crippen LogP contribution in [0.15, 0.2) is 53.7 Å². The zero-order chi connectivity index (χ0) is 17.2. The monoisotopic (exact) mass is 336 g/mol. The molecule has 1 saturated heterocycles. The second-order valence-electron chi connectivity index (χ2n) is 6.37. The molecule has 6 heteroatoms. The lowest BCUT2D eigenvalue weighted by molar-refractivity contribution is 0.0678. The molecule has 0 radical (unpaired) electrons. The number of carbonyl (C=O) groups excluding carboxylic acids is 1. The molecule has 0 bridgehead atoms. The Morgan fingerprint density at radius 1 is 1.28 bits per heavy atom. The molecule has 2 aromatic heterocycles. The summed E-state index contributed by atoms with van der Waals surface area (Å²) in [5.74, 6) is 1.77. The average molecular weight is 336 g/mol. The number of benzene rings is 1. The fourth-order valence-electron chi connectivity index (χ4n) is 3.46. The molecule has 1 atom stereocenters. The van der Waals surface area contributed by atoms with Crippen molar-refractivity contribution in [2.24, 2.45) is 0 Å². The molecule has 1 aliphatic heterocycles. The third-order valence-corrected chi connectivity index (χ3v) is 4.79. The van der Waals surface area contributed by atoms with Gasteiger partial charge in [-0.15, -0.1) is 0 Å². The Morgan fingerprint density at radius 3 is 2.80 bits per heavy atom. The van der Waals surface area contributed by atoms with Crippen LogP contribution in [0.25, 0.3) is 11.3 Å². The predicted molar refractivity (Wildman–Crippen MR) is 93.1 cm³/mol. The van der Waals surface area contributed by atoms with Gasteiger partial charge < -0.3 is 13.9 Å². The van der Waals surface area contributed by atoms with Crippen LogP contribution in [0.4, 0.5) is 0 Å². The number of rotatable bonds is 3. The molecule has 6 nitrogen and oxygen atoms in total. The van der Waals surface area contributed by atoms with Crippen LogP contribution < -0.4 is 0 Å². The summed E-state index contributed by atoms with van der Waals surface area (Å²) in [6, 6.07) is 7.80. The van der Waals surface area contributed by atoms with Crippen LogP contribution in [0.2, 0.25) is 0 Å². The highest BCUT2D eigenvalue weighted by molar-refractivity contribution is 5.94. The number of likely N-dealkylation sites (tertiary alicyclic amines) is 1. The predicted octanol–water partition coefficient (Wildman–Crippen LogP) is 3.32. The largest absolute Gasteiger partial charge is 0.444 e. The van der Waals surface area contributed by atoms with Gasteiger partial charge >= 0.3 is 0 Å². The van der Waals surface area contributed by atoms with Crippen molar-refractivity contribution in [3.05, 3.63) is 60.6 Å². The number of amides is 1. The first-order valence-corrected chi connectivity index (χ1v) is 8.50. The summed E-state index contributed by atoms with van der Waals surface area (Å²) in [5.41, 5.74) is 1.62. The maximum Gasteiger partial charge on any atom is 0.253 e. The van der Waals surface area contributed by atoms with Gasteiger partial charge in [0.25, 0.3) is 5.91 Å². The first-order valence-electron chi connectivity index (χ1n) is 8.50. The van der Waals surface area contributed by atoms with Gasteiger partial charge in [0.2, 0.25) is 0 Å². The molecule has 3 aromatic rings. The molecule has 1 aromatic carbocycles. The number of carbonyl (C=O) groups is 1. The zero-order valence-electron chi connectivity index (χ0n) is 14.1. The summed E-state index contributed by atoms with van der Waals surface area (Å²) in [5, 5.41) is 0. The van der Waals surface area contributed by atoms with Gasteiger partial charge in [0.1, 0.15) is 5.82 Å². The molecule has 1 fully saturated rings. The molecule has 128 valence electrons. The minimum atomic E-state index is 0.0755. The van der Waals surface area contributed by atoms with Crippen molar-refractivity contribution in [3.63, 3.8) is 0 Å². The Labute approximate surface area is 146 Å². The molecule has 0 spiro atoms. The van der Waals surface area contributed by atoms with Crippen LogP contribution >= 0.6 is 0 Å². The maximum absolute atomic E-state index is 12.9. The fraction of sp³-hybridized carbons (Fsp3) is 0.316. The quantitative estimate of drug-likeness (QED) is 0.736. The Kier molecular flexibility index (Phi) is 4.09. The number of hydrogen-bond donors (Lipinski definition) is 0. The first kappa shape index (κ1) is 15.6. The number of nitrogens with zero attached hydrogens (tertiary/aromatic N) is 4. The maximum atomic E-state index is 12.9. The van der Waals surface area contributed by atoms with Crippen LogP contribution in [0.5, 0.6) is 0 Å². The molecular weight excluding hydrogens is 316 g/mol. The van der Waals surface area contributed by atoms with Gasteiger partial charge in [-0.3, -0.25) is 4.79 Å². The van der Waals surface area contributed by atoms with Crippen molar-refractivity contribution in [2.45, 2.75) is 25.8 Å². The lowest BCUT2D eigenvalue weighted by Crippen LogP contribution is -2.40. The van der Waals surface area contributed by atoms with E-state index in [9.17, 15) is 4.79 Å². The van der Waals surface area contributed by atoms with Crippen LogP contribution in [0.1, 0.15) is 35.1 Å². The van der Waals surface area contributed by atoms with Gasteiger partial charge in [0.15, 0.2) is 12.2 Å². The summed E-state index contributed by atoms with van der Waals surface area (Å²) in [6.45, 7) is 3.52. The van der Waals surface area contributed by atoms with Crippen molar-refractivity contribution in [3.8, 4) is 11.3 Å². The van der Waals surface area contributed by atoms with Crippen molar-refractivity contribution < 1.29 is 9.21 Å². The summed E-state index contributed by atoms with van der Waals surface area (Å²) < 4.78 is 7.46. The third-order valence-electron chi connectivity index (χ3n) is 4.79. The Bertz CT molecular complexity index is 852. The topological polar surface area (TPSA) is 64.2 Å². The number of aryl methyl sites for hydroxylation is 1. The number of hydrogen-bond acceptors (Lipinski definition) is 4. The lowest BCUT2D eigenvalue weighted by atomic mass is 10.0. The van der Waals surface area contributed by atoms with E-state index in [-0.39, 0.29) is 5.91 Å². The number of oxazole rings is 1. The summed E-state index contributed by atoms with van der Waals surface area (Å²) in [6.07, 6.45) is 8.97. The zero-order valence-corrected chi connectivity index (χ0v) is 14.1. The van der Waals surface area contributed by atoms with Crippen molar-refractivity contribution >= 4 is 5.91 Å². The number of aromatic nitrogens is 3. The van der Waals surface area contributed by atoms with E-state index in [4.69, 9.17) is 4.42 Å². The van der Waals surface area contributed by atoms with Crippen molar-refractivity contribution in [1.29, 1.82) is 0 Å². The Morgan fingerprint density at radius 2 is 2.12 bits per heavy atom. The van der Waals surface area contributed by atoms with E-state index in [1.165, 1.54) is 6.39 Å². The molecule has 0 saturated carbocycles. The van der Waals surface area contributed by atoms with Crippen LogP contribution in [0, 0.1) is 6.92 Å². The highest BCUT2D eigenvalue weighted by Crippen LogP contribution is 2.25. The molecule has 0 N–H and O–H groups in total. The highest BCUT2D eigenvalue weighted by Gasteiger charge is 2.26. The highest BCUT2D eigenvalue weighted by atomic mass is 16.3. The fourth-order valence-corrected chi connectivity index (χ4v) is 3.46. The molecule has 4 rings (SSSR count). The first-order chi connectivity index (χ1) is 12.2. The Balaban J connectivity index is 1.49. The van der Waals surface area contributed by atoms with E-state index in [0.29, 0.717) is 17.4 Å². The van der Waals surface area contributed by atoms with Gasteiger partial charge in [0, 0.05) is 36.6 Å². The van der Waals surface area contributed by atoms with Gasteiger partial charge in [-0.2, -0.15) is 0 Å². The molecule has 0 aliphatic carbocycles. The molecule has 1 amide bonds. The third kappa shape index (κ3) is 3.07. The molecule has 3 heterocycles. The van der Waals surface area contributed by atoms with E-state index in [1.54, 1.807) is 6.20 Å². The Hall–Kier alpha value is -2.89. The van der Waals surface area contributed by atoms with E-state index in [1.807, 2.05) is 48.5 Å². The molecule has 25 heavy (non-hydrogen) atoms. The van der Waals surface area contributed by atoms with Gasteiger partial charge in [-0.25, -0.2) is 9.97 Å². The van der Waals surface area contributed by atoms with Crippen molar-refractivity contribution in [2.75, 3.05) is 13.1 Å². The SMILES string of the molecule is Cc1nccn1[C@@H]1CCCN(C(=O)c2ccc(-c3cnco3)cc2)C1. The molecular formula is C19H20N4O2. The minimum Gasteiger partial charge on any atom is -0.444 e. The van der Waals surface area contributed by atoms with E-state index < -0.39 is 0 Å². The van der Waals surface area contributed by atoms with Gasteiger partial charge in [-0.1, -0.05) is 12.1 Å². The van der Waals surface area contributed by atoms with E-state index in [0.717, 1.165) is 37.3 Å². The van der Waals surface area contributed by atoms with Crippen LogP contribution in [-0.4, -0.2) is 38.4 Å². The van der Waals surface area contributed by atoms with Crippen molar-refractivity contribution in [1.82, 2.24) is 19.4 Å². The normalized spacial score (nSPS) is 17.6. The number of imidazole rings is 1. The second-order valence-corrected chi connectivity index (χ2v) is 6.37. The number of piperidine rings is 1. The molecule has 0 unspecified atom stereocenters. The average Bonchev–Trinajstić information content (AvgIpc) is 3.33. The van der Waals surface area contributed by atoms with E-state index >= 15 is 0 Å². The second kappa shape index (κ2) is 6.55. The van der Waals surface area contributed by atoms with Crippen LogP contribution in [0.3, 0.4) is 0 Å². The summed E-state index contributed by atoms with van der Waals surface area (Å²) in [7, 11) is 0. The summed E-state index contributed by atoms with van der Waals surface area (Å²) in [4.78, 5) is 23.0. The standard InChI is InChI=1S/C19H20N4O2/c1-14-21-8-10-23(14)17-3-2-9-22(12-17)19(24)16-6-4-15(5-7-16)18-11-20-13-25-18/h4-8,10-11,13,17H,2-3,9,12H2,1H3/t17-/m1/s1. The smallest absolute Gasteiger partial charge is 0.253 e. The summed E-state index contributed by atoms with van der Waals surface area (Å²) >= 11 is 0. The van der Waals surface area contributed by atoms with Gasteiger partial charge in [0.05, 0.1) is 12.2 Å². The minimum absolute atomic E-state index is 0.0755. The molecule has 1 aliphatic rings. The van der Waals surface area contributed by atoms with E-state index in [2.05, 4.69) is 14.5 Å².